The molecule has 11 heteroatoms. The summed E-state index contributed by atoms with van der Waals surface area (Å²) >= 11 is 0. The third-order valence-electron chi connectivity index (χ3n) is 5.65. The van der Waals surface area contributed by atoms with Crippen LogP contribution in [0.25, 0.3) is 33.3 Å². The number of H-pyrrole nitrogens is 1. The minimum Gasteiger partial charge on any atom is -0.459 e. The second-order valence-corrected chi connectivity index (χ2v) is 11.3. The maximum absolute atomic E-state index is 14.7. The number of benzene rings is 1. The van der Waals surface area contributed by atoms with Gasteiger partial charge in [-0.3, -0.25) is 4.90 Å². The lowest BCUT2D eigenvalue weighted by Gasteiger charge is -2.24. The lowest BCUT2D eigenvalue weighted by molar-refractivity contribution is -0.156. The number of aryl methyl sites for hydroxylation is 1. The van der Waals surface area contributed by atoms with Gasteiger partial charge in [0.2, 0.25) is 0 Å². The van der Waals surface area contributed by atoms with Crippen molar-refractivity contribution in [1.82, 2.24) is 19.5 Å². The number of nitrogens with two attached hydrogens (primary N) is 1. The molecule has 38 heavy (non-hydrogen) atoms. The molecule has 1 unspecified atom stereocenters. The number of fused-ring (bicyclic) bond motifs is 3. The van der Waals surface area contributed by atoms with Crippen molar-refractivity contribution < 1.29 is 23.5 Å². The molecule has 1 amide bonds. The first-order chi connectivity index (χ1) is 17.5. The molecule has 1 atom stereocenters. The third kappa shape index (κ3) is 5.47. The van der Waals surface area contributed by atoms with Gasteiger partial charge in [-0.15, -0.1) is 0 Å². The fourth-order valence-corrected chi connectivity index (χ4v) is 4.04. The van der Waals surface area contributed by atoms with E-state index < -0.39 is 35.1 Å². The van der Waals surface area contributed by atoms with Crippen LogP contribution in [0.5, 0.6) is 0 Å². The Kier molecular flexibility index (Phi) is 6.69. The zero-order valence-electron chi connectivity index (χ0n) is 22.8. The maximum Gasteiger partial charge on any atom is 0.415 e. The number of ether oxygens (including phenoxy) is 2. The fourth-order valence-electron chi connectivity index (χ4n) is 4.04. The minimum absolute atomic E-state index is 0.275. The van der Waals surface area contributed by atoms with E-state index in [2.05, 4.69) is 15.0 Å². The molecule has 3 N–H and O–H groups in total. The van der Waals surface area contributed by atoms with Gasteiger partial charge < -0.3 is 24.8 Å². The molecule has 0 spiro atoms. The highest BCUT2D eigenvalue weighted by atomic mass is 19.1. The molecule has 202 valence electrons. The van der Waals surface area contributed by atoms with Gasteiger partial charge >= 0.3 is 12.1 Å². The molecule has 4 rings (SSSR count). The van der Waals surface area contributed by atoms with Crippen LogP contribution in [-0.2, 0) is 21.3 Å². The second-order valence-electron chi connectivity index (χ2n) is 11.3. The molecular formula is C27H33FN6O4. The quantitative estimate of drug-likeness (QED) is 0.361. The van der Waals surface area contributed by atoms with Crippen molar-refractivity contribution in [2.75, 3.05) is 11.9 Å². The van der Waals surface area contributed by atoms with E-state index in [0.717, 1.165) is 10.9 Å². The Morgan fingerprint density at radius 2 is 1.74 bits per heavy atom. The number of anilines is 1. The summed E-state index contributed by atoms with van der Waals surface area (Å²) in [6.07, 6.45) is 1.05. The number of pyridine rings is 1. The summed E-state index contributed by atoms with van der Waals surface area (Å²) in [5, 5.41) is 0.721. The number of aromatic nitrogens is 4. The van der Waals surface area contributed by atoms with Gasteiger partial charge in [0.25, 0.3) is 0 Å². The average Bonchev–Trinajstić information content (AvgIpc) is 3.38. The summed E-state index contributed by atoms with van der Waals surface area (Å²) in [4.78, 5) is 38.9. The van der Waals surface area contributed by atoms with Crippen molar-refractivity contribution in [3.63, 3.8) is 0 Å². The SMILES string of the molecule is CN(C(=O)OC(C)(C)C)c1nc2[nH]c(-c3cc(F)cc(C(N)C(=O)OC(C)(C)C)c3)cc2c2c1ncn2C. The summed E-state index contributed by atoms with van der Waals surface area (Å²) < 4.78 is 27.4. The molecule has 3 heterocycles. The van der Waals surface area contributed by atoms with E-state index in [0.29, 0.717) is 28.2 Å². The van der Waals surface area contributed by atoms with Crippen molar-refractivity contribution in [1.29, 1.82) is 0 Å². The fraction of sp³-hybridized carbons (Fsp3) is 0.407. The normalized spacial score (nSPS) is 13.1. The maximum atomic E-state index is 14.7. The number of aromatic amines is 1. The van der Waals surface area contributed by atoms with Gasteiger partial charge in [-0.05, 0) is 71.4 Å². The largest absolute Gasteiger partial charge is 0.459 e. The number of hydrogen-bond acceptors (Lipinski definition) is 7. The molecule has 3 aromatic heterocycles. The van der Waals surface area contributed by atoms with Crippen LogP contribution in [0.1, 0.15) is 53.1 Å². The zero-order chi connectivity index (χ0) is 28.2. The number of imidazole rings is 1. The van der Waals surface area contributed by atoms with Crippen molar-refractivity contribution in [3.05, 3.63) is 42.0 Å². The lowest BCUT2D eigenvalue weighted by atomic mass is 10.0. The van der Waals surface area contributed by atoms with E-state index in [4.69, 9.17) is 15.2 Å². The highest BCUT2D eigenvalue weighted by Gasteiger charge is 2.27. The van der Waals surface area contributed by atoms with E-state index >= 15 is 0 Å². The van der Waals surface area contributed by atoms with E-state index in [1.165, 1.54) is 17.0 Å². The lowest BCUT2D eigenvalue weighted by Crippen LogP contribution is -2.34. The topological polar surface area (TPSA) is 128 Å². The monoisotopic (exact) mass is 524 g/mol. The van der Waals surface area contributed by atoms with E-state index in [1.54, 1.807) is 61.0 Å². The van der Waals surface area contributed by atoms with Crippen LogP contribution in [0.3, 0.4) is 0 Å². The Balaban J connectivity index is 1.80. The predicted molar refractivity (Wildman–Crippen MR) is 143 cm³/mol. The molecule has 4 aromatic rings. The molecular weight excluding hydrogens is 491 g/mol. The number of carbonyl (C=O) groups is 2. The number of nitrogens with zero attached hydrogens (tertiary/aromatic N) is 4. The van der Waals surface area contributed by atoms with Gasteiger partial charge in [-0.25, -0.2) is 23.9 Å². The predicted octanol–water partition coefficient (Wildman–Crippen LogP) is 4.97. The van der Waals surface area contributed by atoms with Gasteiger partial charge in [-0.2, -0.15) is 0 Å². The first kappa shape index (κ1) is 27.1. The average molecular weight is 525 g/mol. The zero-order valence-corrected chi connectivity index (χ0v) is 22.8. The highest BCUT2D eigenvalue weighted by molar-refractivity contribution is 6.09. The molecule has 0 bridgehead atoms. The van der Waals surface area contributed by atoms with E-state index in [9.17, 15) is 14.0 Å². The van der Waals surface area contributed by atoms with Crippen LogP contribution in [0.4, 0.5) is 15.0 Å². The summed E-state index contributed by atoms with van der Waals surface area (Å²) in [6, 6.07) is 4.85. The van der Waals surface area contributed by atoms with Crippen LogP contribution in [0.15, 0.2) is 30.6 Å². The van der Waals surface area contributed by atoms with Crippen LogP contribution in [0.2, 0.25) is 0 Å². The first-order valence-electron chi connectivity index (χ1n) is 12.1. The third-order valence-corrected chi connectivity index (χ3v) is 5.65. The number of amides is 1. The highest BCUT2D eigenvalue weighted by Crippen LogP contribution is 2.34. The Hall–Kier alpha value is -3.99. The molecule has 0 radical (unpaired) electrons. The molecule has 0 aliphatic rings. The van der Waals surface area contributed by atoms with Crippen LogP contribution in [0, 0.1) is 5.82 Å². The van der Waals surface area contributed by atoms with Crippen molar-refractivity contribution in [2.45, 2.75) is 58.8 Å². The second kappa shape index (κ2) is 9.39. The first-order valence-corrected chi connectivity index (χ1v) is 12.1. The molecule has 1 aromatic carbocycles. The summed E-state index contributed by atoms with van der Waals surface area (Å²) in [5.74, 6) is -0.902. The summed E-state index contributed by atoms with van der Waals surface area (Å²) in [5.41, 5.74) is 7.68. The molecule has 0 aliphatic heterocycles. The van der Waals surface area contributed by atoms with E-state index in [-0.39, 0.29) is 5.56 Å². The summed E-state index contributed by atoms with van der Waals surface area (Å²) in [6.45, 7) is 10.6. The standard InChI is InChI=1S/C27H33FN6O4/c1-26(2,3)37-24(35)19(29)15-9-14(10-16(28)11-15)18-12-17-21-20(30-13-33(21)7)23(32-22(17)31-18)34(8)25(36)38-27(4,5)6/h9-13,19H,29H2,1-8H3,(H,31,32). The molecule has 0 saturated heterocycles. The smallest absolute Gasteiger partial charge is 0.415 e. The van der Waals surface area contributed by atoms with E-state index in [1.807, 2.05) is 17.7 Å². The van der Waals surface area contributed by atoms with Crippen molar-refractivity contribution in [2.24, 2.45) is 12.8 Å². The number of carbonyl (C=O) groups excluding carboxylic acids is 2. The van der Waals surface area contributed by atoms with Crippen LogP contribution < -0.4 is 10.6 Å². The van der Waals surface area contributed by atoms with Crippen LogP contribution >= 0.6 is 0 Å². The Morgan fingerprint density at radius 3 is 2.37 bits per heavy atom. The van der Waals surface area contributed by atoms with Gasteiger partial charge in [-0.1, -0.05) is 0 Å². The van der Waals surface area contributed by atoms with Crippen molar-refractivity contribution >= 4 is 39.9 Å². The summed E-state index contributed by atoms with van der Waals surface area (Å²) in [7, 11) is 3.40. The number of nitrogens with one attached hydrogen (secondary N) is 1. The van der Waals surface area contributed by atoms with Gasteiger partial charge in [0.15, 0.2) is 5.82 Å². The number of esters is 1. The Labute approximate surface area is 219 Å². The van der Waals surface area contributed by atoms with Gasteiger partial charge in [0.05, 0.1) is 11.8 Å². The molecule has 0 saturated carbocycles. The van der Waals surface area contributed by atoms with Crippen LogP contribution in [-0.4, -0.2) is 49.8 Å². The molecule has 0 aliphatic carbocycles. The van der Waals surface area contributed by atoms with Gasteiger partial charge in [0, 0.05) is 30.7 Å². The Morgan fingerprint density at radius 1 is 1.08 bits per heavy atom. The number of halogens is 1. The minimum atomic E-state index is -1.16. The number of hydrogen-bond donors (Lipinski definition) is 2. The Bertz CT molecular complexity index is 1540. The molecule has 10 nitrogen and oxygen atoms in total. The molecule has 0 fully saturated rings. The number of rotatable bonds is 4. The van der Waals surface area contributed by atoms with Gasteiger partial charge in [0.1, 0.15) is 34.2 Å². The van der Waals surface area contributed by atoms with Crippen molar-refractivity contribution in [3.8, 4) is 11.3 Å².